The zero-order valence-electron chi connectivity index (χ0n) is 13.2. The summed E-state index contributed by atoms with van der Waals surface area (Å²) in [6, 6.07) is 6.65. The fourth-order valence-corrected chi connectivity index (χ4v) is 3.29. The Bertz CT molecular complexity index is 611. The van der Waals surface area contributed by atoms with Gasteiger partial charge in [-0.05, 0) is 31.2 Å². The fourth-order valence-electron chi connectivity index (χ4n) is 2.12. The number of rotatable bonds is 5. The molecule has 0 aliphatic carbocycles. The highest BCUT2D eigenvalue weighted by Gasteiger charge is 2.33. The lowest BCUT2D eigenvalue weighted by atomic mass is 10.2. The van der Waals surface area contributed by atoms with Crippen LogP contribution in [-0.2, 0) is 9.59 Å². The maximum absolute atomic E-state index is 12.4. The van der Waals surface area contributed by atoms with E-state index < -0.39 is 6.04 Å². The summed E-state index contributed by atoms with van der Waals surface area (Å²) in [7, 11) is 1.59. The molecule has 1 aliphatic rings. The number of hydrogen-bond donors (Lipinski definition) is 1. The van der Waals surface area contributed by atoms with Crippen LogP contribution < -0.4 is 10.1 Å². The Morgan fingerprint density at radius 1 is 1.30 bits per heavy atom. The topological polar surface area (TPSA) is 58.6 Å². The van der Waals surface area contributed by atoms with Gasteiger partial charge < -0.3 is 15.0 Å². The molecule has 122 valence electrons. The van der Waals surface area contributed by atoms with Crippen LogP contribution in [0.4, 0.5) is 5.69 Å². The van der Waals surface area contributed by atoms with Gasteiger partial charge in [-0.2, -0.15) is 0 Å². The number of anilines is 1. The Labute approximate surface area is 140 Å². The molecule has 0 aromatic heterocycles. The van der Waals surface area contributed by atoms with E-state index in [4.69, 9.17) is 4.74 Å². The second kappa shape index (κ2) is 8.43. The molecule has 0 saturated carbocycles. The molecule has 1 saturated heterocycles. The van der Waals surface area contributed by atoms with Gasteiger partial charge in [0.15, 0.2) is 0 Å². The number of allylic oxidation sites excluding steroid dienone is 3. The van der Waals surface area contributed by atoms with Gasteiger partial charge in [-0.25, -0.2) is 0 Å². The Kier molecular flexibility index (Phi) is 6.29. The molecule has 2 amide bonds. The smallest absolute Gasteiger partial charge is 0.248 e. The average Bonchev–Trinajstić information content (AvgIpc) is 3.05. The highest BCUT2D eigenvalue weighted by molar-refractivity contribution is 7.99. The van der Waals surface area contributed by atoms with Crippen molar-refractivity contribution in [3.63, 3.8) is 0 Å². The van der Waals surface area contributed by atoms with Crippen LogP contribution in [0, 0.1) is 0 Å². The number of hydrogen-bond acceptors (Lipinski definition) is 4. The summed E-state index contributed by atoms with van der Waals surface area (Å²) >= 11 is 1.58. The van der Waals surface area contributed by atoms with Crippen molar-refractivity contribution in [2.75, 3.05) is 24.1 Å². The van der Waals surface area contributed by atoms with Crippen LogP contribution in [-0.4, -0.2) is 41.5 Å². The second-order valence-corrected chi connectivity index (χ2v) is 5.93. The van der Waals surface area contributed by atoms with E-state index in [0.29, 0.717) is 17.3 Å². The number of ether oxygens (including phenoxy) is 1. The maximum atomic E-state index is 12.4. The van der Waals surface area contributed by atoms with Gasteiger partial charge in [0.2, 0.25) is 11.8 Å². The van der Waals surface area contributed by atoms with Crippen LogP contribution in [0.25, 0.3) is 0 Å². The molecule has 1 aliphatic heterocycles. The quantitative estimate of drug-likeness (QED) is 0.665. The van der Waals surface area contributed by atoms with E-state index in [0.717, 1.165) is 5.75 Å². The first-order valence-electron chi connectivity index (χ1n) is 7.28. The third kappa shape index (κ3) is 4.63. The molecule has 1 unspecified atom stereocenters. The monoisotopic (exact) mass is 332 g/mol. The van der Waals surface area contributed by atoms with Gasteiger partial charge in [0.05, 0.1) is 13.0 Å². The van der Waals surface area contributed by atoms with Gasteiger partial charge in [-0.1, -0.05) is 18.2 Å². The number of benzene rings is 1. The van der Waals surface area contributed by atoms with Crippen molar-refractivity contribution in [1.29, 1.82) is 0 Å². The van der Waals surface area contributed by atoms with Crippen molar-refractivity contribution in [2.24, 2.45) is 0 Å². The van der Waals surface area contributed by atoms with Gasteiger partial charge in [-0.3, -0.25) is 9.59 Å². The fraction of sp³-hybridized carbons (Fsp3) is 0.294. The summed E-state index contributed by atoms with van der Waals surface area (Å²) in [5.74, 6) is 1.53. The van der Waals surface area contributed by atoms with Gasteiger partial charge in [0.25, 0.3) is 0 Å². The maximum Gasteiger partial charge on any atom is 0.248 e. The van der Waals surface area contributed by atoms with Crippen LogP contribution in [0.2, 0.25) is 0 Å². The lowest BCUT2D eigenvalue weighted by Crippen LogP contribution is -2.43. The summed E-state index contributed by atoms with van der Waals surface area (Å²) in [4.78, 5) is 26.2. The molecule has 5 nitrogen and oxygen atoms in total. The molecule has 1 atom stereocenters. The van der Waals surface area contributed by atoms with Crippen molar-refractivity contribution >= 4 is 29.3 Å². The largest absolute Gasteiger partial charge is 0.497 e. The highest BCUT2D eigenvalue weighted by Crippen LogP contribution is 2.23. The molecule has 6 heteroatoms. The minimum absolute atomic E-state index is 0.150. The normalized spacial score (nSPS) is 17.8. The minimum atomic E-state index is -0.454. The molecule has 1 aromatic carbocycles. The Balaban J connectivity index is 2.00. The zero-order valence-corrected chi connectivity index (χ0v) is 14.0. The molecule has 1 aromatic rings. The van der Waals surface area contributed by atoms with Crippen molar-refractivity contribution in [3.05, 3.63) is 48.6 Å². The first-order valence-corrected chi connectivity index (χ1v) is 8.44. The van der Waals surface area contributed by atoms with E-state index in [9.17, 15) is 9.59 Å². The number of amides is 2. The first-order chi connectivity index (χ1) is 11.2. The standard InChI is InChI=1S/C17H20N2O3S/c1-3-4-5-6-16(20)19-12-23-11-15(19)17(21)18-13-7-9-14(22-2)10-8-13/h3-10,15H,11-12H2,1-2H3,(H,18,21)/b4-3+,6-5+. The number of carbonyl (C=O) groups is 2. The summed E-state index contributed by atoms with van der Waals surface area (Å²) < 4.78 is 5.09. The van der Waals surface area contributed by atoms with E-state index in [1.54, 1.807) is 60.2 Å². The lowest BCUT2D eigenvalue weighted by molar-refractivity contribution is -0.132. The molecule has 1 N–H and O–H groups in total. The van der Waals surface area contributed by atoms with Crippen LogP contribution in [0.5, 0.6) is 5.75 Å². The molecule has 1 fully saturated rings. The molecule has 23 heavy (non-hydrogen) atoms. The Hall–Kier alpha value is -2.21. The van der Waals surface area contributed by atoms with E-state index in [2.05, 4.69) is 5.32 Å². The summed E-state index contributed by atoms with van der Waals surface area (Å²) in [5.41, 5.74) is 0.685. The Morgan fingerprint density at radius 3 is 2.70 bits per heavy atom. The van der Waals surface area contributed by atoms with Gasteiger partial charge in [0, 0.05) is 17.5 Å². The van der Waals surface area contributed by atoms with Gasteiger partial charge in [-0.15, -0.1) is 11.8 Å². The number of thioether (sulfide) groups is 1. The molecule has 1 heterocycles. The van der Waals surface area contributed by atoms with Crippen molar-refractivity contribution in [2.45, 2.75) is 13.0 Å². The third-order valence-electron chi connectivity index (χ3n) is 3.37. The van der Waals surface area contributed by atoms with Crippen LogP contribution in [0.3, 0.4) is 0 Å². The second-order valence-electron chi connectivity index (χ2n) is 4.93. The molecule has 0 spiro atoms. The summed E-state index contributed by atoms with van der Waals surface area (Å²) in [5, 5.41) is 2.85. The average molecular weight is 332 g/mol. The molecule has 0 bridgehead atoms. The van der Waals surface area contributed by atoms with Crippen LogP contribution in [0.15, 0.2) is 48.6 Å². The number of methoxy groups -OCH3 is 1. The SMILES string of the molecule is C/C=C/C=C/C(=O)N1CSCC1C(=O)Nc1ccc(OC)cc1. The lowest BCUT2D eigenvalue weighted by Gasteiger charge is -2.21. The van der Waals surface area contributed by atoms with Crippen molar-refractivity contribution in [3.8, 4) is 5.75 Å². The van der Waals surface area contributed by atoms with Crippen molar-refractivity contribution in [1.82, 2.24) is 4.90 Å². The number of nitrogens with one attached hydrogen (secondary N) is 1. The van der Waals surface area contributed by atoms with Crippen molar-refractivity contribution < 1.29 is 14.3 Å². The summed E-state index contributed by atoms with van der Waals surface area (Å²) in [6.45, 7) is 1.88. The molecular weight excluding hydrogens is 312 g/mol. The molecular formula is C17H20N2O3S. The minimum Gasteiger partial charge on any atom is -0.497 e. The van der Waals surface area contributed by atoms with E-state index in [-0.39, 0.29) is 11.8 Å². The highest BCUT2D eigenvalue weighted by atomic mass is 32.2. The predicted molar refractivity (Wildman–Crippen MR) is 93.5 cm³/mol. The van der Waals surface area contributed by atoms with E-state index >= 15 is 0 Å². The van der Waals surface area contributed by atoms with Crippen LogP contribution in [0.1, 0.15) is 6.92 Å². The predicted octanol–water partition coefficient (Wildman–Crippen LogP) is 2.67. The van der Waals surface area contributed by atoms with Gasteiger partial charge in [0.1, 0.15) is 11.8 Å². The number of carbonyl (C=O) groups excluding carboxylic acids is 2. The first kappa shape index (κ1) is 17.1. The summed E-state index contributed by atoms with van der Waals surface area (Å²) in [6.07, 6.45) is 6.80. The number of nitrogens with zero attached hydrogens (tertiary/aromatic N) is 1. The molecule has 2 rings (SSSR count). The zero-order chi connectivity index (χ0) is 16.7. The van der Waals surface area contributed by atoms with Crippen LogP contribution >= 0.6 is 11.8 Å². The molecule has 0 radical (unpaired) electrons. The van der Waals surface area contributed by atoms with E-state index in [1.165, 1.54) is 6.08 Å². The van der Waals surface area contributed by atoms with E-state index in [1.807, 2.05) is 13.0 Å². The third-order valence-corrected chi connectivity index (χ3v) is 4.38. The van der Waals surface area contributed by atoms with Gasteiger partial charge >= 0.3 is 0 Å². The Morgan fingerprint density at radius 2 is 2.04 bits per heavy atom.